The Balaban J connectivity index is 1.30. The van der Waals surface area contributed by atoms with Crippen LogP contribution >= 0.6 is 0 Å². The molecule has 1 atom stereocenters. The SMILES string of the molecule is O=C(C[C@H]1NC(=O)N(c2ccccc2)C1=O)NCCc1nc2ccccc2[nH]1. The van der Waals surface area contributed by atoms with Crippen molar-refractivity contribution in [3.63, 3.8) is 0 Å². The molecule has 3 aromatic rings. The van der Waals surface area contributed by atoms with E-state index in [4.69, 9.17) is 0 Å². The molecule has 3 N–H and O–H groups in total. The quantitative estimate of drug-likeness (QED) is 0.569. The summed E-state index contributed by atoms with van der Waals surface area (Å²) in [5, 5.41) is 5.34. The first kappa shape index (κ1) is 17.7. The number of aromatic nitrogens is 2. The van der Waals surface area contributed by atoms with Gasteiger partial charge in [-0.15, -0.1) is 0 Å². The first-order valence-electron chi connectivity index (χ1n) is 9.01. The Labute approximate surface area is 160 Å². The molecule has 1 aliphatic heterocycles. The van der Waals surface area contributed by atoms with Crippen molar-refractivity contribution >= 4 is 34.6 Å². The van der Waals surface area contributed by atoms with Gasteiger partial charge in [-0.25, -0.2) is 14.7 Å². The van der Waals surface area contributed by atoms with Crippen LogP contribution in [0.2, 0.25) is 0 Å². The number of amides is 4. The maximum absolute atomic E-state index is 12.5. The van der Waals surface area contributed by atoms with Gasteiger partial charge in [0.05, 0.1) is 23.1 Å². The molecule has 1 fully saturated rings. The van der Waals surface area contributed by atoms with E-state index in [1.165, 1.54) is 0 Å². The van der Waals surface area contributed by atoms with Crippen LogP contribution in [-0.4, -0.2) is 40.4 Å². The van der Waals surface area contributed by atoms with Gasteiger partial charge in [0, 0.05) is 13.0 Å². The largest absolute Gasteiger partial charge is 0.356 e. The second kappa shape index (κ2) is 7.51. The topological polar surface area (TPSA) is 107 Å². The molecule has 0 unspecified atom stereocenters. The lowest BCUT2D eigenvalue weighted by Gasteiger charge is -2.12. The monoisotopic (exact) mass is 377 g/mol. The Morgan fingerprint density at radius 2 is 1.82 bits per heavy atom. The first-order valence-corrected chi connectivity index (χ1v) is 9.01. The molecule has 4 rings (SSSR count). The lowest BCUT2D eigenvalue weighted by Crippen LogP contribution is -2.37. The van der Waals surface area contributed by atoms with Crippen molar-refractivity contribution in [3.8, 4) is 0 Å². The third kappa shape index (κ3) is 3.57. The zero-order valence-electron chi connectivity index (χ0n) is 15.0. The number of anilines is 1. The number of para-hydroxylation sites is 3. The van der Waals surface area contributed by atoms with Crippen LogP contribution < -0.4 is 15.5 Å². The Morgan fingerprint density at radius 3 is 2.61 bits per heavy atom. The fourth-order valence-corrected chi connectivity index (χ4v) is 3.19. The van der Waals surface area contributed by atoms with E-state index in [-0.39, 0.29) is 12.3 Å². The molecule has 1 saturated heterocycles. The molecule has 0 bridgehead atoms. The summed E-state index contributed by atoms with van der Waals surface area (Å²) in [7, 11) is 0. The summed E-state index contributed by atoms with van der Waals surface area (Å²) in [5.74, 6) is 0.0512. The number of imide groups is 1. The summed E-state index contributed by atoms with van der Waals surface area (Å²) < 4.78 is 0. The van der Waals surface area contributed by atoms with E-state index >= 15 is 0 Å². The van der Waals surface area contributed by atoms with Crippen LogP contribution in [0.5, 0.6) is 0 Å². The highest BCUT2D eigenvalue weighted by Crippen LogP contribution is 2.20. The van der Waals surface area contributed by atoms with Crippen molar-refractivity contribution in [3.05, 3.63) is 60.4 Å². The van der Waals surface area contributed by atoms with Gasteiger partial charge in [0.1, 0.15) is 11.9 Å². The van der Waals surface area contributed by atoms with Gasteiger partial charge < -0.3 is 15.6 Å². The fourth-order valence-electron chi connectivity index (χ4n) is 3.19. The van der Waals surface area contributed by atoms with Crippen molar-refractivity contribution < 1.29 is 14.4 Å². The standard InChI is InChI=1S/C20H19N5O3/c26-18(21-11-10-17-22-14-8-4-5-9-15(14)23-17)12-16-19(27)25(20(28)24-16)13-6-2-1-3-7-13/h1-9,16H,10-12H2,(H,21,26)(H,22,23)(H,24,28)/t16-/m1/s1. The molecule has 2 heterocycles. The van der Waals surface area contributed by atoms with Crippen LogP contribution in [0.3, 0.4) is 0 Å². The fraction of sp³-hybridized carbons (Fsp3) is 0.200. The molecule has 8 nitrogen and oxygen atoms in total. The van der Waals surface area contributed by atoms with E-state index in [0.717, 1.165) is 21.8 Å². The summed E-state index contributed by atoms with van der Waals surface area (Å²) in [4.78, 5) is 45.5. The third-order valence-electron chi connectivity index (χ3n) is 4.55. The normalized spacial score (nSPS) is 16.4. The van der Waals surface area contributed by atoms with Gasteiger partial charge in [0.25, 0.3) is 5.91 Å². The maximum Gasteiger partial charge on any atom is 0.329 e. The lowest BCUT2D eigenvalue weighted by atomic mass is 10.2. The average Bonchev–Trinajstić information content (AvgIpc) is 3.22. The van der Waals surface area contributed by atoms with Crippen molar-refractivity contribution in [2.24, 2.45) is 0 Å². The highest BCUT2D eigenvalue weighted by molar-refractivity contribution is 6.22. The molecule has 0 aliphatic carbocycles. The molecule has 1 aliphatic rings. The van der Waals surface area contributed by atoms with Crippen LogP contribution in [0.4, 0.5) is 10.5 Å². The molecule has 2 aromatic carbocycles. The number of nitrogens with zero attached hydrogens (tertiary/aromatic N) is 2. The highest BCUT2D eigenvalue weighted by Gasteiger charge is 2.39. The molecular formula is C20H19N5O3. The van der Waals surface area contributed by atoms with Gasteiger partial charge in [-0.3, -0.25) is 9.59 Å². The molecule has 28 heavy (non-hydrogen) atoms. The van der Waals surface area contributed by atoms with Crippen LogP contribution in [-0.2, 0) is 16.0 Å². The number of carbonyl (C=O) groups excluding carboxylic acids is 3. The number of H-pyrrole nitrogens is 1. The minimum absolute atomic E-state index is 0.103. The Bertz CT molecular complexity index is 998. The number of hydrogen-bond donors (Lipinski definition) is 3. The number of fused-ring (bicyclic) bond motifs is 1. The van der Waals surface area contributed by atoms with Crippen molar-refractivity contribution in [2.75, 3.05) is 11.4 Å². The van der Waals surface area contributed by atoms with Crippen LogP contribution in [0.25, 0.3) is 11.0 Å². The Hall–Kier alpha value is -3.68. The first-order chi connectivity index (χ1) is 13.6. The van der Waals surface area contributed by atoms with E-state index in [2.05, 4.69) is 20.6 Å². The molecule has 142 valence electrons. The predicted molar refractivity (Wildman–Crippen MR) is 104 cm³/mol. The molecule has 4 amide bonds. The van der Waals surface area contributed by atoms with Crippen molar-refractivity contribution in [1.82, 2.24) is 20.6 Å². The van der Waals surface area contributed by atoms with Crippen molar-refractivity contribution in [2.45, 2.75) is 18.9 Å². The number of nitrogens with one attached hydrogen (secondary N) is 3. The number of hydrogen-bond acceptors (Lipinski definition) is 4. The minimum Gasteiger partial charge on any atom is -0.356 e. The van der Waals surface area contributed by atoms with Crippen LogP contribution in [0.15, 0.2) is 54.6 Å². The molecular weight excluding hydrogens is 358 g/mol. The third-order valence-corrected chi connectivity index (χ3v) is 4.55. The van der Waals surface area contributed by atoms with Gasteiger partial charge in [0.2, 0.25) is 5.91 Å². The lowest BCUT2D eigenvalue weighted by molar-refractivity contribution is -0.125. The minimum atomic E-state index is -0.862. The maximum atomic E-state index is 12.5. The summed E-state index contributed by atoms with van der Waals surface area (Å²) in [6, 6.07) is 15.0. The highest BCUT2D eigenvalue weighted by atomic mass is 16.2. The number of imidazole rings is 1. The predicted octanol–water partition coefficient (Wildman–Crippen LogP) is 1.74. The van der Waals surface area contributed by atoms with Gasteiger partial charge >= 0.3 is 6.03 Å². The van der Waals surface area contributed by atoms with Gasteiger partial charge in [-0.1, -0.05) is 30.3 Å². The summed E-state index contributed by atoms with van der Waals surface area (Å²) >= 11 is 0. The van der Waals surface area contributed by atoms with Gasteiger partial charge in [0.15, 0.2) is 0 Å². The number of benzene rings is 2. The number of urea groups is 1. The number of carbonyl (C=O) groups is 3. The zero-order chi connectivity index (χ0) is 19.5. The number of rotatable bonds is 6. The zero-order valence-corrected chi connectivity index (χ0v) is 15.0. The van der Waals surface area contributed by atoms with E-state index < -0.39 is 18.0 Å². The van der Waals surface area contributed by atoms with Gasteiger partial charge in [-0.2, -0.15) is 0 Å². The molecule has 0 saturated carbocycles. The van der Waals surface area contributed by atoms with E-state index in [9.17, 15) is 14.4 Å². The summed E-state index contributed by atoms with van der Waals surface area (Å²) in [6.45, 7) is 0.385. The average molecular weight is 377 g/mol. The summed E-state index contributed by atoms with van der Waals surface area (Å²) in [5.41, 5.74) is 2.31. The van der Waals surface area contributed by atoms with E-state index in [1.807, 2.05) is 24.3 Å². The van der Waals surface area contributed by atoms with Gasteiger partial charge in [-0.05, 0) is 24.3 Å². The van der Waals surface area contributed by atoms with Crippen LogP contribution in [0, 0.1) is 0 Å². The summed E-state index contributed by atoms with van der Waals surface area (Å²) in [6.07, 6.45) is 0.440. The van der Waals surface area contributed by atoms with E-state index in [1.54, 1.807) is 30.3 Å². The van der Waals surface area contributed by atoms with Crippen molar-refractivity contribution in [1.29, 1.82) is 0 Å². The second-order valence-electron chi connectivity index (χ2n) is 6.52. The number of aromatic amines is 1. The molecule has 1 aromatic heterocycles. The molecule has 0 spiro atoms. The van der Waals surface area contributed by atoms with E-state index in [0.29, 0.717) is 18.7 Å². The smallest absolute Gasteiger partial charge is 0.329 e. The second-order valence-corrected chi connectivity index (χ2v) is 6.52. The Morgan fingerprint density at radius 1 is 1.07 bits per heavy atom. The Kier molecular flexibility index (Phi) is 4.76. The molecule has 0 radical (unpaired) electrons. The molecule has 8 heteroatoms. The van der Waals surface area contributed by atoms with Crippen LogP contribution in [0.1, 0.15) is 12.2 Å².